The molecular formula is C18H16NO+. The summed E-state index contributed by atoms with van der Waals surface area (Å²) in [6.45, 7) is 1.94. The third kappa shape index (κ3) is 1.91. The quantitative estimate of drug-likeness (QED) is 0.736. The Morgan fingerprint density at radius 1 is 0.800 bits per heavy atom. The van der Waals surface area contributed by atoms with Gasteiger partial charge in [-0.05, 0) is 18.6 Å². The molecule has 0 unspecified atom stereocenters. The fraction of sp³-hybridized carbons (Fsp3) is 0.0556. The molecule has 0 radical (unpaired) electrons. The van der Waals surface area contributed by atoms with Gasteiger partial charge in [-0.15, -0.1) is 0 Å². The van der Waals surface area contributed by atoms with Gasteiger partial charge in [0.05, 0.1) is 0 Å². The molecule has 1 amide bonds. The number of benzene rings is 2. The van der Waals surface area contributed by atoms with Gasteiger partial charge in [-0.3, -0.25) is 0 Å². The smallest absolute Gasteiger partial charge is 0.225 e. The van der Waals surface area contributed by atoms with Crippen molar-refractivity contribution in [2.75, 3.05) is 0 Å². The highest BCUT2D eigenvalue weighted by Gasteiger charge is 2.40. The van der Waals surface area contributed by atoms with Crippen molar-refractivity contribution in [2.24, 2.45) is 0 Å². The standard InChI is InChI=1S/C18H16NO/c1-15-12-13-19(18(20)14-15,16-8-4-2-5-9-16)17-10-6-3-7-11-17/h2-14H,1H3/q+1. The molecular weight excluding hydrogens is 246 g/mol. The van der Waals surface area contributed by atoms with Gasteiger partial charge in [0.1, 0.15) is 17.6 Å². The van der Waals surface area contributed by atoms with Crippen molar-refractivity contribution < 1.29 is 4.79 Å². The Labute approximate surface area is 118 Å². The van der Waals surface area contributed by atoms with E-state index in [1.54, 1.807) is 6.08 Å². The number of rotatable bonds is 2. The summed E-state index contributed by atoms with van der Waals surface area (Å²) in [6, 6.07) is 19.7. The van der Waals surface area contributed by atoms with Crippen LogP contribution in [0, 0.1) is 0 Å². The molecule has 3 rings (SSSR count). The molecule has 2 aromatic rings. The molecule has 1 aliphatic heterocycles. The van der Waals surface area contributed by atoms with E-state index in [2.05, 4.69) is 0 Å². The fourth-order valence-electron chi connectivity index (χ4n) is 2.55. The van der Waals surface area contributed by atoms with Gasteiger partial charge in [-0.1, -0.05) is 36.4 Å². The number of hydrogen-bond donors (Lipinski definition) is 0. The molecule has 0 atom stereocenters. The maximum Gasteiger partial charge on any atom is 0.353 e. The predicted molar refractivity (Wildman–Crippen MR) is 82.2 cm³/mol. The number of carbonyl (C=O) groups is 1. The zero-order chi connectivity index (χ0) is 14.0. The molecule has 0 aliphatic carbocycles. The molecule has 0 bridgehead atoms. The summed E-state index contributed by atoms with van der Waals surface area (Å²) in [7, 11) is 0. The van der Waals surface area contributed by atoms with Crippen molar-refractivity contribution in [3.05, 3.63) is 84.6 Å². The van der Waals surface area contributed by atoms with Gasteiger partial charge in [0.15, 0.2) is 0 Å². The molecule has 0 spiro atoms. The van der Waals surface area contributed by atoms with Gasteiger partial charge in [0.2, 0.25) is 0 Å². The van der Waals surface area contributed by atoms with Crippen LogP contribution in [-0.4, -0.2) is 5.91 Å². The first-order valence-electron chi connectivity index (χ1n) is 6.65. The summed E-state index contributed by atoms with van der Waals surface area (Å²) in [4.78, 5) is 12.8. The van der Waals surface area contributed by atoms with Crippen LogP contribution in [-0.2, 0) is 4.79 Å². The second kappa shape index (κ2) is 4.91. The second-order valence-electron chi connectivity index (χ2n) is 4.94. The van der Waals surface area contributed by atoms with Crippen LogP contribution in [0.4, 0.5) is 11.4 Å². The summed E-state index contributed by atoms with van der Waals surface area (Å²) in [5, 5.41) is 0. The molecule has 0 saturated carbocycles. The van der Waals surface area contributed by atoms with E-state index in [0.717, 1.165) is 16.9 Å². The van der Waals surface area contributed by atoms with Gasteiger partial charge in [-0.2, -0.15) is 4.48 Å². The molecule has 2 aromatic carbocycles. The monoisotopic (exact) mass is 262 g/mol. The Morgan fingerprint density at radius 2 is 1.30 bits per heavy atom. The number of nitrogens with zero attached hydrogens (tertiary/aromatic N) is 1. The molecule has 20 heavy (non-hydrogen) atoms. The Hall–Kier alpha value is -2.45. The van der Waals surface area contributed by atoms with Crippen molar-refractivity contribution in [3.8, 4) is 0 Å². The molecule has 1 heterocycles. The van der Waals surface area contributed by atoms with E-state index in [-0.39, 0.29) is 10.4 Å². The summed E-state index contributed by atoms with van der Waals surface area (Å²) >= 11 is 0. The Balaban J connectivity index is 2.25. The minimum atomic E-state index is 0.0578. The first-order valence-corrected chi connectivity index (χ1v) is 6.65. The highest BCUT2D eigenvalue weighted by atomic mass is 16.2. The molecule has 98 valence electrons. The van der Waals surface area contributed by atoms with Crippen molar-refractivity contribution in [1.82, 2.24) is 4.48 Å². The van der Waals surface area contributed by atoms with Gasteiger partial charge >= 0.3 is 5.91 Å². The van der Waals surface area contributed by atoms with E-state index in [9.17, 15) is 4.79 Å². The number of allylic oxidation sites excluding steroid dienone is 2. The average molecular weight is 262 g/mol. The first-order chi connectivity index (χ1) is 9.73. The highest BCUT2D eigenvalue weighted by Crippen LogP contribution is 2.37. The number of quaternary nitrogens is 1. The summed E-state index contributed by atoms with van der Waals surface area (Å²) in [6.07, 6.45) is 5.67. The second-order valence-corrected chi connectivity index (χ2v) is 4.94. The van der Waals surface area contributed by atoms with E-state index in [4.69, 9.17) is 0 Å². The lowest BCUT2D eigenvalue weighted by Crippen LogP contribution is -2.45. The zero-order valence-electron chi connectivity index (χ0n) is 11.4. The topological polar surface area (TPSA) is 17.1 Å². The fourth-order valence-corrected chi connectivity index (χ4v) is 2.55. The van der Waals surface area contributed by atoms with Crippen LogP contribution >= 0.6 is 0 Å². The van der Waals surface area contributed by atoms with Crippen LogP contribution < -0.4 is 4.48 Å². The maximum absolute atomic E-state index is 12.8. The summed E-state index contributed by atoms with van der Waals surface area (Å²) in [5.74, 6) is 0.0578. The molecule has 2 heteroatoms. The number of para-hydroxylation sites is 2. The Bertz CT molecular complexity index is 644. The highest BCUT2D eigenvalue weighted by molar-refractivity contribution is 6.05. The molecule has 0 fully saturated rings. The van der Waals surface area contributed by atoms with Crippen molar-refractivity contribution in [3.63, 3.8) is 0 Å². The van der Waals surface area contributed by atoms with Crippen molar-refractivity contribution in [1.29, 1.82) is 0 Å². The lowest BCUT2D eigenvalue weighted by Gasteiger charge is -2.32. The third-order valence-electron chi connectivity index (χ3n) is 3.59. The maximum atomic E-state index is 12.8. The zero-order valence-corrected chi connectivity index (χ0v) is 11.4. The van der Waals surface area contributed by atoms with Crippen molar-refractivity contribution in [2.45, 2.75) is 6.92 Å². The van der Waals surface area contributed by atoms with Gasteiger partial charge in [0, 0.05) is 30.3 Å². The predicted octanol–water partition coefficient (Wildman–Crippen LogP) is 4.33. The van der Waals surface area contributed by atoms with E-state index in [1.165, 1.54) is 0 Å². The van der Waals surface area contributed by atoms with Crippen LogP contribution in [0.1, 0.15) is 6.92 Å². The number of amides is 1. The lowest BCUT2D eigenvalue weighted by molar-refractivity contribution is -0.121. The lowest BCUT2D eigenvalue weighted by atomic mass is 10.1. The van der Waals surface area contributed by atoms with Crippen LogP contribution in [0.5, 0.6) is 0 Å². The van der Waals surface area contributed by atoms with Gasteiger partial charge in [-0.25, -0.2) is 4.79 Å². The molecule has 0 saturated heterocycles. The van der Waals surface area contributed by atoms with Crippen molar-refractivity contribution >= 4 is 17.3 Å². The average Bonchev–Trinajstić information content (AvgIpc) is 2.50. The largest absolute Gasteiger partial charge is 0.353 e. The summed E-state index contributed by atoms with van der Waals surface area (Å²) in [5.41, 5.74) is 2.88. The van der Waals surface area contributed by atoms with E-state index in [1.807, 2.05) is 79.9 Å². The van der Waals surface area contributed by atoms with Crippen LogP contribution in [0.2, 0.25) is 0 Å². The van der Waals surface area contributed by atoms with E-state index in [0.29, 0.717) is 0 Å². The van der Waals surface area contributed by atoms with Gasteiger partial charge < -0.3 is 0 Å². The molecule has 2 nitrogen and oxygen atoms in total. The SMILES string of the molecule is CC1=CC(=O)[N+](c2ccccc2)(c2ccccc2)C=C1. The Kier molecular flexibility index (Phi) is 3.09. The van der Waals surface area contributed by atoms with Crippen LogP contribution in [0.15, 0.2) is 84.6 Å². The molecule has 1 aliphatic rings. The van der Waals surface area contributed by atoms with Gasteiger partial charge in [0.25, 0.3) is 0 Å². The Morgan fingerprint density at radius 3 is 1.75 bits per heavy atom. The number of carbonyl (C=O) groups excluding carboxylic acids is 1. The molecule has 0 N–H and O–H groups in total. The summed E-state index contributed by atoms with van der Waals surface area (Å²) < 4.78 is 0.110. The normalized spacial score (nSPS) is 16.9. The van der Waals surface area contributed by atoms with Crippen LogP contribution in [0.25, 0.3) is 0 Å². The third-order valence-corrected chi connectivity index (χ3v) is 3.59. The number of hydrogen-bond acceptors (Lipinski definition) is 1. The minimum Gasteiger partial charge on any atom is -0.225 e. The first kappa shape index (κ1) is 12.6. The minimum absolute atomic E-state index is 0.0578. The molecule has 0 aromatic heterocycles. The van der Waals surface area contributed by atoms with E-state index >= 15 is 0 Å². The van der Waals surface area contributed by atoms with Crippen LogP contribution in [0.3, 0.4) is 0 Å². The van der Waals surface area contributed by atoms with E-state index < -0.39 is 0 Å².